The summed E-state index contributed by atoms with van der Waals surface area (Å²) >= 11 is 0. The Hall–Kier alpha value is -5.94. The van der Waals surface area contributed by atoms with Crippen molar-refractivity contribution < 1.29 is 49.1 Å². The van der Waals surface area contributed by atoms with Crippen LogP contribution in [0.5, 0.6) is 11.5 Å². The molecule has 0 saturated heterocycles. The van der Waals surface area contributed by atoms with E-state index in [2.05, 4.69) is 31.2 Å². The number of aliphatic hydroxyl groups is 2. The van der Waals surface area contributed by atoms with Gasteiger partial charge in [-0.05, 0) is 48.2 Å². The number of nitrogens with one attached hydrogen (secondary N) is 4. The highest BCUT2D eigenvalue weighted by Gasteiger charge is 2.20. The minimum absolute atomic E-state index is 0.0904. The average molecular weight is 745 g/mol. The molecule has 2 heterocycles. The molecule has 0 radical (unpaired) electrons. The number of ether oxygens (including phenoxy) is 2. The molecule has 4 aromatic rings. The van der Waals surface area contributed by atoms with Crippen LogP contribution in [0.2, 0.25) is 0 Å². The van der Waals surface area contributed by atoms with Crippen LogP contribution in [0.4, 0.5) is 11.4 Å². The summed E-state index contributed by atoms with van der Waals surface area (Å²) in [6.45, 7) is 3.32. The molecule has 0 unspecified atom stereocenters. The van der Waals surface area contributed by atoms with Gasteiger partial charge in [-0.15, -0.1) is 0 Å². The number of carbonyl (C=O) groups excluding carboxylic acids is 2. The summed E-state index contributed by atoms with van der Waals surface area (Å²) in [7, 11) is 2.89. The lowest BCUT2D eigenvalue weighted by Gasteiger charge is -2.18. The van der Waals surface area contributed by atoms with Gasteiger partial charge < -0.3 is 51.2 Å². The Balaban J connectivity index is 1.49. The number of aromatic nitrogens is 2. The molecule has 2 aromatic heterocycles. The first kappa shape index (κ1) is 40.8. The zero-order valence-electron chi connectivity index (χ0n) is 30.3. The monoisotopic (exact) mass is 744 g/mol. The van der Waals surface area contributed by atoms with Crippen molar-refractivity contribution in [1.29, 1.82) is 0 Å². The standard InChI is InChI=1S/C38H44N6O10/c1-21-27(7-5-9-29(21)43-37(51)31-13-33(53-3)23(17-41-31)15-39-25(19-45)11-35(47)48)28-8-6-10-30(22(28)2)44-38(52)32-14-34(54-4)24(18-42-32)16-40-26(20-46)12-36(49)50/h5-10,13-14,17-18,25-26,39-40,45-46H,11-12,15-16,19-20H2,1-4H3,(H,43,51)(H,44,52)(H,47,48)(H,49,50)/t25-,26-/m1/s1. The van der Waals surface area contributed by atoms with Gasteiger partial charge in [-0.25, -0.2) is 0 Å². The third kappa shape index (κ3) is 10.6. The number of aliphatic hydroxyl groups excluding tert-OH is 2. The lowest BCUT2D eigenvalue weighted by Crippen LogP contribution is -2.34. The van der Waals surface area contributed by atoms with Crippen molar-refractivity contribution >= 4 is 35.1 Å². The summed E-state index contributed by atoms with van der Waals surface area (Å²) in [5.41, 5.74) is 5.56. The molecule has 16 nitrogen and oxygen atoms in total. The highest BCUT2D eigenvalue weighted by Crippen LogP contribution is 2.34. The highest BCUT2D eigenvalue weighted by molar-refractivity contribution is 6.05. The van der Waals surface area contributed by atoms with Crippen molar-refractivity contribution in [3.05, 3.63) is 94.6 Å². The van der Waals surface area contributed by atoms with Gasteiger partial charge >= 0.3 is 11.9 Å². The number of carboxylic acid groups (broad SMARTS) is 2. The Morgan fingerprint density at radius 2 is 1.06 bits per heavy atom. The Morgan fingerprint density at radius 3 is 1.39 bits per heavy atom. The van der Waals surface area contributed by atoms with Crippen LogP contribution in [-0.2, 0) is 22.7 Å². The molecule has 4 rings (SSSR count). The van der Waals surface area contributed by atoms with Gasteiger partial charge in [0.25, 0.3) is 11.8 Å². The van der Waals surface area contributed by atoms with Gasteiger partial charge in [0.15, 0.2) is 0 Å². The minimum atomic E-state index is -1.05. The van der Waals surface area contributed by atoms with E-state index in [1.54, 1.807) is 24.3 Å². The molecule has 0 spiro atoms. The van der Waals surface area contributed by atoms with Gasteiger partial charge in [0, 0.05) is 72.2 Å². The summed E-state index contributed by atoms with van der Waals surface area (Å²) in [6.07, 6.45) is 2.38. The molecule has 0 fully saturated rings. The minimum Gasteiger partial charge on any atom is -0.496 e. The van der Waals surface area contributed by atoms with Crippen LogP contribution in [0.3, 0.4) is 0 Å². The molecular weight excluding hydrogens is 700 g/mol. The first-order valence-corrected chi connectivity index (χ1v) is 16.9. The first-order chi connectivity index (χ1) is 25.9. The maximum absolute atomic E-state index is 13.3. The van der Waals surface area contributed by atoms with Crippen LogP contribution in [0.15, 0.2) is 60.9 Å². The van der Waals surface area contributed by atoms with Gasteiger partial charge in [-0.2, -0.15) is 0 Å². The Labute approximate surface area is 311 Å². The van der Waals surface area contributed by atoms with Gasteiger partial charge in [0.2, 0.25) is 0 Å². The number of benzene rings is 2. The second kappa shape index (κ2) is 19.2. The van der Waals surface area contributed by atoms with Crippen LogP contribution >= 0.6 is 0 Å². The quantitative estimate of drug-likeness (QED) is 0.0688. The van der Waals surface area contributed by atoms with Crippen LogP contribution < -0.4 is 30.7 Å². The number of carboxylic acids is 2. The number of hydrogen-bond acceptors (Lipinski definition) is 12. The van der Waals surface area contributed by atoms with Gasteiger partial charge in [0.1, 0.15) is 22.9 Å². The summed E-state index contributed by atoms with van der Waals surface area (Å²) in [6, 6.07) is 12.6. The number of nitrogens with zero attached hydrogens (tertiary/aromatic N) is 2. The maximum atomic E-state index is 13.3. The molecule has 0 saturated carbocycles. The Bertz CT molecular complexity index is 1850. The molecule has 54 heavy (non-hydrogen) atoms. The molecule has 0 aliphatic heterocycles. The van der Waals surface area contributed by atoms with E-state index in [1.165, 1.54) is 38.7 Å². The smallest absolute Gasteiger partial charge is 0.305 e. The Morgan fingerprint density at radius 1 is 0.667 bits per heavy atom. The summed E-state index contributed by atoms with van der Waals surface area (Å²) in [4.78, 5) is 57.3. The van der Waals surface area contributed by atoms with Gasteiger partial charge in [-0.1, -0.05) is 24.3 Å². The van der Waals surface area contributed by atoms with Crippen molar-refractivity contribution in [3.63, 3.8) is 0 Å². The van der Waals surface area contributed by atoms with Crippen molar-refractivity contribution in [2.24, 2.45) is 0 Å². The van der Waals surface area contributed by atoms with Crippen molar-refractivity contribution in [2.45, 2.75) is 51.9 Å². The zero-order valence-corrected chi connectivity index (χ0v) is 30.3. The molecule has 0 aliphatic carbocycles. The molecular formula is C38H44N6O10. The topological polar surface area (TPSA) is 242 Å². The van der Waals surface area contributed by atoms with E-state index in [4.69, 9.17) is 19.7 Å². The molecule has 2 aromatic carbocycles. The normalized spacial score (nSPS) is 12.0. The zero-order chi connectivity index (χ0) is 39.4. The van der Waals surface area contributed by atoms with E-state index in [1.807, 2.05) is 26.0 Å². The van der Waals surface area contributed by atoms with Crippen LogP contribution in [0, 0.1) is 13.8 Å². The number of pyridine rings is 2. The van der Waals surface area contributed by atoms with Crippen molar-refractivity contribution in [3.8, 4) is 22.6 Å². The average Bonchev–Trinajstić information content (AvgIpc) is 3.16. The van der Waals surface area contributed by atoms with Gasteiger partial charge in [0.05, 0.1) is 40.3 Å². The summed E-state index contributed by atoms with van der Waals surface area (Å²) in [5, 5.41) is 48.7. The molecule has 286 valence electrons. The predicted octanol–water partition coefficient (Wildman–Crippen LogP) is 3.13. The lowest BCUT2D eigenvalue weighted by atomic mass is 9.94. The van der Waals surface area contributed by atoms with Crippen molar-refractivity contribution in [2.75, 3.05) is 38.1 Å². The van der Waals surface area contributed by atoms with Crippen molar-refractivity contribution in [1.82, 2.24) is 20.6 Å². The number of amides is 2. The molecule has 2 atom stereocenters. The largest absolute Gasteiger partial charge is 0.496 e. The number of anilines is 2. The fraction of sp³-hybridized carbons (Fsp3) is 0.316. The van der Waals surface area contributed by atoms with E-state index in [9.17, 15) is 29.4 Å². The summed E-state index contributed by atoms with van der Waals surface area (Å²) in [5.74, 6) is -2.34. The molecule has 2 amide bonds. The lowest BCUT2D eigenvalue weighted by molar-refractivity contribution is -0.138. The second-order valence-corrected chi connectivity index (χ2v) is 12.3. The number of rotatable bonds is 19. The van der Waals surface area contributed by atoms with Gasteiger partial charge in [-0.3, -0.25) is 29.1 Å². The highest BCUT2D eigenvalue weighted by atomic mass is 16.5. The fourth-order valence-electron chi connectivity index (χ4n) is 5.66. The third-order valence-electron chi connectivity index (χ3n) is 8.69. The molecule has 0 aliphatic rings. The van der Waals surface area contributed by atoms with Crippen LogP contribution in [-0.4, -0.2) is 93.7 Å². The number of carbonyl (C=O) groups is 4. The van der Waals surface area contributed by atoms with Crippen LogP contribution in [0.1, 0.15) is 56.1 Å². The number of methoxy groups -OCH3 is 2. The predicted molar refractivity (Wildman–Crippen MR) is 199 cm³/mol. The van der Waals surface area contributed by atoms with E-state index in [0.717, 1.165) is 22.3 Å². The second-order valence-electron chi connectivity index (χ2n) is 12.3. The molecule has 0 bridgehead atoms. The summed E-state index contributed by atoms with van der Waals surface area (Å²) < 4.78 is 10.9. The van der Waals surface area contributed by atoms with E-state index >= 15 is 0 Å². The Kier molecular flexibility index (Phi) is 14.5. The van der Waals surface area contributed by atoms with Crippen LogP contribution in [0.25, 0.3) is 11.1 Å². The maximum Gasteiger partial charge on any atom is 0.305 e. The van der Waals surface area contributed by atoms with E-state index < -0.39 is 35.8 Å². The van der Waals surface area contributed by atoms with E-state index in [0.29, 0.717) is 34.0 Å². The first-order valence-electron chi connectivity index (χ1n) is 16.9. The molecule has 16 heteroatoms. The number of aliphatic carboxylic acids is 2. The SMILES string of the molecule is COc1cc(C(=O)Nc2cccc(-c3cccc(NC(=O)c4cc(OC)c(CN[C@@H](CO)CC(=O)O)cn4)c3C)c2C)ncc1CN[C@@H](CO)CC(=O)O. The number of hydrogen-bond donors (Lipinski definition) is 8. The molecule has 8 N–H and O–H groups in total. The van der Waals surface area contributed by atoms with E-state index in [-0.39, 0.29) is 50.5 Å². The fourth-order valence-corrected chi connectivity index (χ4v) is 5.66. The third-order valence-corrected chi connectivity index (χ3v) is 8.69.